The minimum absolute atomic E-state index is 0.559. The lowest BCUT2D eigenvalue weighted by Gasteiger charge is -2.35. The Bertz CT molecular complexity index is 460. The van der Waals surface area contributed by atoms with Crippen LogP contribution >= 0.6 is 11.6 Å². The van der Waals surface area contributed by atoms with E-state index in [1.54, 1.807) is 0 Å². The minimum Gasteiger partial charge on any atom is -0.389 e. The molecule has 0 saturated heterocycles. The first-order valence-corrected chi connectivity index (χ1v) is 7.98. The van der Waals surface area contributed by atoms with Crippen LogP contribution in [-0.4, -0.2) is 27.0 Å². The fourth-order valence-corrected chi connectivity index (χ4v) is 3.45. The molecule has 1 heterocycles. The maximum Gasteiger partial charge on any atom is 0.0860 e. The molecule has 1 aromatic rings. The summed E-state index contributed by atoms with van der Waals surface area (Å²) in [5.41, 5.74) is 1.32. The number of aryl methyl sites for hydroxylation is 2. The molecule has 0 amide bonds. The second-order valence-corrected chi connectivity index (χ2v) is 6.57. The highest BCUT2D eigenvalue weighted by Crippen LogP contribution is 2.31. The van der Waals surface area contributed by atoms with Gasteiger partial charge in [0.1, 0.15) is 0 Å². The molecule has 0 aromatic carbocycles. The maximum atomic E-state index is 10.6. The standard InChI is InChI=1S/C15H26ClN3O/c1-4-19-13(14(16)12(3)18-19)9-17-10-15(20)7-5-6-11(2)8-15/h11,17,20H,4-10H2,1-3H3. The van der Waals surface area contributed by atoms with Crippen molar-refractivity contribution in [2.45, 2.75) is 65.1 Å². The van der Waals surface area contributed by atoms with Gasteiger partial charge in [0.15, 0.2) is 0 Å². The zero-order valence-electron chi connectivity index (χ0n) is 12.7. The number of aliphatic hydroxyl groups is 1. The fraction of sp³-hybridized carbons (Fsp3) is 0.800. The van der Waals surface area contributed by atoms with Crippen molar-refractivity contribution in [1.82, 2.24) is 15.1 Å². The highest BCUT2D eigenvalue weighted by Gasteiger charge is 2.32. The zero-order valence-corrected chi connectivity index (χ0v) is 13.5. The lowest BCUT2D eigenvalue weighted by atomic mass is 9.79. The molecule has 1 aromatic heterocycles. The first-order valence-electron chi connectivity index (χ1n) is 7.60. The first-order chi connectivity index (χ1) is 9.45. The monoisotopic (exact) mass is 299 g/mol. The fourth-order valence-electron chi connectivity index (χ4n) is 3.24. The van der Waals surface area contributed by atoms with Gasteiger partial charge < -0.3 is 10.4 Å². The second kappa shape index (κ2) is 6.46. The molecule has 2 unspecified atom stereocenters. The summed E-state index contributed by atoms with van der Waals surface area (Å²) in [5.74, 6) is 0.613. The summed E-state index contributed by atoms with van der Waals surface area (Å²) in [6.45, 7) is 8.30. The number of nitrogens with zero attached hydrogens (tertiary/aromatic N) is 2. The normalized spacial score (nSPS) is 26.9. The molecule has 1 aliphatic rings. The predicted molar refractivity (Wildman–Crippen MR) is 81.9 cm³/mol. The van der Waals surface area contributed by atoms with E-state index in [4.69, 9.17) is 11.6 Å². The van der Waals surface area contributed by atoms with Gasteiger partial charge in [0.25, 0.3) is 0 Å². The van der Waals surface area contributed by atoms with E-state index < -0.39 is 5.60 Å². The highest BCUT2D eigenvalue weighted by molar-refractivity contribution is 6.31. The van der Waals surface area contributed by atoms with Gasteiger partial charge in [-0.15, -0.1) is 0 Å². The number of hydrogen-bond donors (Lipinski definition) is 2. The Morgan fingerprint density at radius 3 is 2.95 bits per heavy atom. The van der Waals surface area contributed by atoms with Crippen molar-refractivity contribution >= 4 is 11.6 Å². The van der Waals surface area contributed by atoms with Crippen LogP contribution in [0, 0.1) is 12.8 Å². The van der Waals surface area contributed by atoms with Crippen LogP contribution in [0.5, 0.6) is 0 Å². The number of aromatic nitrogens is 2. The number of hydrogen-bond acceptors (Lipinski definition) is 3. The average molecular weight is 300 g/mol. The molecule has 0 radical (unpaired) electrons. The van der Waals surface area contributed by atoms with Crippen molar-refractivity contribution in [2.75, 3.05) is 6.54 Å². The quantitative estimate of drug-likeness (QED) is 0.879. The van der Waals surface area contributed by atoms with Crippen LogP contribution in [0.25, 0.3) is 0 Å². The van der Waals surface area contributed by atoms with E-state index in [9.17, 15) is 5.11 Å². The maximum absolute atomic E-state index is 10.6. The van der Waals surface area contributed by atoms with Crippen LogP contribution in [0.3, 0.4) is 0 Å². The van der Waals surface area contributed by atoms with Crippen molar-refractivity contribution < 1.29 is 5.11 Å². The number of rotatable bonds is 5. The Labute approximate surface area is 126 Å². The lowest BCUT2D eigenvalue weighted by Crippen LogP contribution is -2.44. The second-order valence-electron chi connectivity index (χ2n) is 6.19. The SMILES string of the molecule is CCn1nc(C)c(Cl)c1CNCC1(O)CCCC(C)C1. The smallest absolute Gasteiger partial charge is 0.0860 e. The third kappa shape index (κ3) is 3.54. The van der Waals surface area contributed by atoms with Crippen molar-refractivity contribution in [2.24, 2.45) is 5.92 Å². The summed E-state index contributed by atoms with van der Waals surface area (Å²) in [7, 11) is 0. The van der Waals surface area contributed by atoms with Crippen molar-refractivity contribution in [1.29, 1.82) is 0 Å². The Morgan fingerprint density at radius 1 is 1.55 bits per heavy atom. The molecule has 4 nitrogen and oxygen atoms in total. The van der Waals surface area contributed by atoms with Gasteiger partial charge in [0, 0.05) is 19.6 Å². The van der Waals surface area contributed by atoms with Gasteiger partial charge in [-0.2, -0.15) is 5.10 Å². The van der Waals surface area contributed by atoms with Crippen LogP contribution in [0.1, 0.15) is 50.9 Å². The Balaban J connectivity index is 1.93. The average Bonchev–Trinajstić information content (AvgIpc) is 2.66. The van der Waals surface area contributed by atoms with E-state index in [0.29, 0.717) is 19.0 Å². The number of nitrogens with one attached hydrogen (secondary N) is 1. The zero-order chi connectivity index (χ0) is 14.8. The highest BCUT2D eigenvalue weighted by atomic mass is 35.5. The molecule has 0 bridgehead atoms. The van der Waals surface area contributed by atoms with E-state index in [0.717, 1.165) is 42.2 Å². The van der Waals surface area contributed by atoms with E-state index >= 15 is 0 Å². The van der Waals surface area contributed by atoms with Crippen LogP contribution in [-0.2, 0) is 13.1 Å². The summed E-state index contributed by atoms with van der Waals surface area (Å²) < 4.78 is 1.93. The van der Waals surface area contributed by atoms with Gasteiger partial charge in [-0.3, -0.25) is 4.68 Å². The Hall–Kier alpha value is -0.580. The third-order valence-corrected chi connectivity index (χ3v) is 4.76. The molecule has 2 atom stereocenters. The van der Waals surface area contributed by atoms with E-state index in [2.05, 4.69) is 24.3 Å². The topological polar surface area (TPSA) is 50.1 Å². The van der Waals surface area contributed by atoms with Crippen LogP contribution in [0.15, 0.2) is 0 Å². The van der Waals surface area contributed by atoms with Gasteiger partial charge in [-0.25, -0.2) is 0 Å². The molecule has 20 heavy (non-hydrogen) atoms. The van der Waals surface area contributed by atoms with Crippen LogP contribution in [0.2, 0.25) is 5.02 Å². The molecule has 2 rings (SSSR count). The lowest BCUT2D eigenvalue weighted by molar-refractivity contribution is -0.0120. The third-order valence-electron chi connectivity index (χ3n) is 4.27. The van der Waals surface area contributed by atoms with E-state index in [1.165, 1.54) is 6.42 Å². The van der Waals surface area contributed by atoms with Crippen molar-refractivity contribution in [3.8, 4) is 0 Å². The molecule has 0 aliphatic heterocycles. The first kappa shape index (κ1) is 15.8. The summed E-state index contributed by atoms with van der Waals surface area (Å²) in [6, 6.07) is 0. The van der Waals surface area contributed by atoms with Gasteiger partial charge in [0.2, 0.25) is 0 Å². The molecule has 0 spiro atoms. The predicted octanol–water partition coefficient (Wildman–Crippen LogP) is 2.90. The van der Waals surface area contributed by atoms with Crippen molar-refractivity contribution in [3.05, 3.63) is 16.4 Å². The van der Waals surface area contributed by atoms with Gasteiger partial charge >= 0.3 is 0 Å². The summed E-state index contributed by atoms with van der Waals surface area (Å²) in [6.07, 6.45) is 4.13. The Kier molecular flexibility index (Phi) is 5.10. The van der Waals surface area contributed by atoms with E-state index in [1.807, 2.05) is 11.6 Å². The molecule has 2 N–H and O–H groups in total. The van der Waals surface area contributed by atoms with Gasteiger partial charge in [-0.1, -0.05) is 31.4 Å². The van der Waals surface area contributed by atoms with E-state index in [-0.39, 0.29) is 0 Å². The van der Waals surface area contributed by atoms with Crippen LogP contribution < -0.4 is 5.32 Å². The molecule has 1 saturated carbocycles. The molecule has 114 valence electrons. The van der Waals surface area contributed by atoms with Gasteiger partial charge in [-0.05, 0) is 32.6 Å². The largest absolute Gasteiger partial charge is 0.389 e. The van der Waals surface area contributed by atoms with Crippen molar-refractivity contribution in [3.63, 3.8) is 0 Å². The van der Waals surface area contributed by atoms with Gasteiger partial charge in [0.05, 0.1) is 22.0 Å². The molecule has 1 aliphatic carbocycles. The Morgan fingerprint density at radius 2 is 2.30 bits per heavy atom. The summed E-state index contributed by atoms with van der Waals surface area (Å²) in [4.78, 5) is 0. The molecular weight excluding hydrogens is 274 g/mol. The summed E-state index contributed by atoms with van der Waals surface area (Å²) in [5, 5.41) is 19.1. The molecule has 1 fully saturated rings. The summed E-state index contributed by atoms with van der Waals surface area (Å²) >= 11 is 6.29. The van der Waals surface area contributed by atoms with Crippen LogP contribution in [0.4, 0.5) is 0 Å². The minimum atomic E-state index is -0.559. The molecular formula is C15H26ClN3O. The number of halogens is 1. The molecule has 5 heteroatoms.